The number of benzene rings is 1. The molecule has 1 heterocycles. The van der Waals surface area contributed by atoms with Gasteiger partial charge in [-0.1, -0.05) is 18.9 Å². The van der Waals surface area contributed by atoms with Gasteiger partial charge in [-0.15, -0.1) is 0 Å². The highest BCUT2D eigenvalue weighted by Gasteiger charge is 2.13. The van der Waals surface area contributed by atoms with E-state index < -0.39 is 0 Å². The van der Waals surface area contributed by atoms with Crippen molar-refractivity contribution in [3.63, 3.8) is 0 Å². The topological polar surface area (TPSA) is 50.7 Å². The van der Waals surface area contributed by atoms with Gasteiger partial charge in [0.15, 0.2) is 11.5 Å². The summed E-state index contributed by atoms with van der Waals surface area (Å²) in [5.41, 5.74) is 1.23. The van der Waals surface area contributed by atoms with Crippen molar-refractivity contribution in [3.8, 4) is 11.5 Å². The Morgan fingerprint density at radius 2 is 1.85 bits per heavy atom. The van der Waals surface area contributed by atoms with Crippen LogP contribution >= 0.6 is 0 Å². The van der Waals surface area contributed by atoms with Gasteiger partial charge in [-0.2, -0.15) is 0 Å². The van der Waals surface area contributed by atoms with Crippen molar-refractivity contribution in [2.24, 2.45) is 0 Å². The van der Waals surface area contributed by atoms with E-state index in [-0.39, 0.29) is 0 Å². The lowest BCUT2D eigenvalue weighted by molar-refractivity contribution is 0.171. The zero-order valence-electron chi connectivity index (χ0n) is 12.2. The van der Waals surface area contributed by atoms with Crippen LogP contribution in [0.15, 0.2) is 18.2 Å². The summed E-state index contributed by atoms with van der Waals surface area (Å²) >= 11 is 0. The standard InChI is InChI=1S/C16H25NO3/c1-13(17-8-4-2-3-5-9-18)14-6-7-15-16(12-14)20-11-10-19-15/h6-7,12-13,17-18H,2-5,8-11H2,1H3. The predicted octanol–water partition coefficient (Wildman–Crippen LogP) is 2.66. The Kier molecular flexibility index (Phi) is 6.15. The molecule has 112 valence electrons. The quantitative estimate of drug-likeness (QED) is 0.718. The second-order valence-corrected chi connectivity index (χ2v) is 5.22. The molecule has 1 aliphatic heterocycles. The van der Waals surface area contributed by atoms with E-state index in [1.807, 2.05) is 6.07 Å². The Bertz CT molecular complexity index is 409. The van der Waals surface area contributed by atoms with Crippen LogP contribution in [-0.4, -0.2) is 31.5 Å². The second-order valence-electron chi connectivity index (χ2n) is 5.22. The molecule has 20 heavy (non-hydrogen) atoms. The summed E-state index contributed by atoms with van der Waals surface area (Å²) in [4.78, 5) is 0. The molecule has 4 nitrogen and oxygen atoms in total. The molecule has 2 N–H and O–H groups in total. The van der Waals surface area contributed by atoms with Crippen molar-refractivity contribution in [1.82, 2.24) is 5.32 Å². The Balaban J connectivity index is 1.76. The summed E-state index contributed by atoms with van der Waals surface area (Å²) in [5.74, 6) is 1.70. The first-order valence-corrected chi connectivity index (χ1v) is 7.55. The number of unbranched alkanes of at least 4 members (excludes halogenated alkanes) is 3. The van der Waals surface area contributed by atoms with Crippen molar-refractivity contribution in [2.45, 2.75) is 38.6 Å². The number of hydrogen-bond acceptors (Lipinski definition) is 4. The van der Waals surface area contributed by atoms with Gasteiger partial charge in [0.1, 0.15) is 13.2 Å². The van der Waals surface area contributed by atoms with Crippen LogP contribution in [0.25, 0.3) is 0 Å². The highest BCUT2D eigenvalue weighted by atomic mass is 16.6. The maximum absolute atomic E-state index is 8.72. The van der Waals surface area contributed by atoms with Crippen LogP contribution in [0.1, 0.15) is 44.2 Å². The molecule has 1 aromatic rings. The minimum Gasteiger partial charge on any atom is -0.486 e. The number of ether oxygens (including phenoxy) is 2. The average molecular weight is 279 g/mol. The van der Waals surface area contributed by atoms with Crippen LogP contribution < -0.4 is 14.8 Å². The molecule has 1 aliphatic rings. The smallest absolute Gasteiger partial charge is 0.161 e. The van der Waals surface area contributed by atoms with E-state index in [9.17, 15) is 0 Å². The molecule has 0 saturated carbocycles. The van der Waals surface area contributed by atoms with Crippen molar-refractivity contribution < 1.29 is 14.6 Å². The maximum Gasteiger partial charge on any atom is 0.161 e. The molecule has 0 saturated heterocycles. The third kappa shape index (κ3) is 4.39. The maximum atomic E-state index is 8.72. The van der Waals surface area contributed by atoms with Crippen molar-refractivity contribution in [2.75, 3.05) is 26.4 Å². The minimum atomic E-state index is 0.307. The van der Waals surface area contributed by atoms with E-state index in [4.69, 9.17) is 14.6 Å². The molecule has 0 spiro atoms. The number of nitrogens with one attached hydrogen (secondary N) is 1. The minimum absolute atomic E-state index is 0.307. The fourth-order valence-electron chi connectivity index (χ4n) is 2.36. The molecule has 0 radical (unpaired) electrons. The van der Waals surface area contributed by atoms with Crippen LogP contribution in [0.2, 0.25) is 0 Å². The summed E-state index contributed by atoms with van der Waals surface area (Å²) in [5, 5.41) is 12.2. The van der Waals surface area contributed by atoms with E-state index in [1.165, 1.54) is 12.0 Å². The third-order valence-electron chi connectivity index (χ3n) is 3.60. The first kappa shape index (κ1) is 15.1. The van der Waals surface area contributed by atoms with E-state index in [1.54, 1.807) is 0 Å². The van der Waals surface area contributed by atoms with Gasteiger partial charge < -0.3 is 19.9 Å². The molecule has 0 aliphatic carbocycles. The summed E-state index contributed by atoms with van der Waals surface area (Å²) in [7, 11) is 0. The molecule has 2 rings (SSSR count). The highest BCUT2D eigenvalue weighted by Crippen LogP contribution is 2.32. The fraction of sp³-hybridized carbons (Fsp3) is 0.625. The molecule has 0 fully saturated rings. The van der Waals surface area contributed by atoms with Crippen molar-refractivity contribution >= 4 is 0 Å². The van der Waals surface area contributed by atoms with Gasteiger partial charge in [-0.3, -0.25) is 0 Å². The molecule has 1 aromatic carbocycles. The molecule has 1 unspecified atom stereocenters. The Morgan fingerprint density at radius 1 is 1.10 bits per heavy atom. The summed E-state index contributed by atoms with van der Waals surface area (Å²) in [6, 6.07) is 6.46. The lowest BCUT2D eigenvalue weighted by Crippen LogP contribution is -2.21. The van der Waals surface area contributed by atoms with E-state index in [0.29, 0.717) is 25.9 Å². The van der Waals surface area contributed by atoms with Gasteiger partial charge in [-0.25, -0.2) is 0 Å². The van der Waals surface area contributed by atoms with E-state index in [0.717, 1.165) is 37.3 Å². The molecule has 1 atom stereocenters. The largest absolute Gasteiger partial charge is 0.486 e. The van der Waals surface area contributed by atoms with Crippen LogP contribution in [0.5, 0.6) is 11.5 Å². The van der Waals surface area contributed by atoms with Crippen LogP contribution in [0.3, 0.4) is 0 Å². The average Bonchev–Trinajstić information content (AvgIpc) is 2.50. The third-order valence-corrected chi connectivity index (χ3v) is 3.60. The highest BCUT2D eigenvalue weighted by molar-refractivity contribution is 5.44. The molecule has 0 amide bonds. The zero-order valence-corrected chi connectivity index (χ0v) is 12.2. The van der Waals surface area contributed by atoms with Crippen LogP contribution in [0, 0.1) is 0 Å². The van der Waals surface area contributed by atoms with Gasteiger partial charge in [0, 0.05) is 12.6 Å². The number of fused-ring (bicyclic) bond motifs is 1. The van der Waals surface area contributed by atoms with Crippen molar-refractivity contribution in [3.05, 3.63) is 23.8 Å². The van der Waals surface area contributed by atoms with Crippen molar-refractivity contribution in [1.29, 1.82) is 0 Å². The molecule has 4 heteroatoms. The van der Waals surface area contributed by atoms with Gasteiger partial charge >= 0.3 is 0 Å². The van der Waals surface area contributed by atoms with Crippen LogP contribution in [-0.2, 0) is 0 Å². The number of rotatable bonds is 8. The normalized spacial score (nSPS) is 15.1. The lowest BCUT2D eigenvalue weighted by atomic mass is 10.1. The van der Waals surface area contributed by atoms with Gasteiger partial charge in [0.05, 0.1) is 0 Å². The molecular weight excluding hydrogens is 254 g/mol. The number of hydrogen-bond donors (Lipinski definition) is 2. The monoisotopic (exact) mass is 279 g/mol. The molecule has 0 aromatic heterocycles. The molecular formula is C16H25NO3. The summed E-state index contributed by atoms with van der Waals surface area (Å²) < 4.78 is 11.1. The van der Waals surface area contributed by atoms with E-state index >= 15 is 0 Å². The van der Waals surface area contributed by atoms with E-state index in [2.05, 4.69) is 24.4 Å². The second kappa shape index (κ2) is 8.12. The van der Waals surface area contributed by atoms with Gasteiger partial charge in [0.2, 0.25) is 0 Å². The summed E-state index contributed by atoms with van der Waals surface area (Å²) in [6.07, 6.45) is 4.34. The van der Waals surface area contributed by atoms with Gasteiger partial charge in [0.25, 0.3) is 0 Å². The zero-order chi connectivity index (χ0) is 14.2. The number of aliphatic hydroxyl groups excluding tert-OH is 1. The Hall–Kier alpha value is -1.26. The number of aliphatic hydroxyl groups is 1. The lowest BCUT2D eigenvalue weighted by Gasteiger charge is -2.21. The predicted molar refractivity (Wildman–Crippen MR) is 79.4 cm³/mol. The fourth-order valence-corrected chi connectivity index (χ4v) is 2.36. The first-order chi connectivity index (χ1) is 9.81. The summed E-state index contributed by atoms with van der Waals surface area (Å²) in [6.45, 7) is 4.73. The van der Waals surface area contributed by atoms with Crippen LogP contribution in [0.4, 0.5) is 0 Å². The first-order valence-electron chi connectivity index (χ1n) is 7.55. The van der Waals surface area contributed by atoms with Gasteiger partial charge in [-0.05, 0) is 44.0 Å². The SMILES string of the molecule is CC(NCCCCCCO)c1ccc2c(c1)OCCO2. The molecule has 0 bridgehead atoms. The Labute approximate surface area is 121 Å². The Morgan fingerprint density at radius 3 is 2.65 bits per heavy atom.